The third-order valence-electron chi connectivity index (χ3n) is 5.94. The minimum Gasteiger partial charge on any atom is -0.508 e. The first-order valence-corrected chi connectivity index (χ1v) is 11.2. The molecular formula is C26H20BrNO5. The van der Waals surface area contributed by atoms with Crippen molar-refractivity contribution in [1.29, 1.82) is 0 Å². The van der Waals surface area contributed by atoms with Crippen molar-refractivity contribution < 1.29 is 19.1 Å². The van der Waals surface area contributed by atoms with E-state index in [-0.39, 0.29) is 22.8 Å². The largest absolute Gasteiger partial charge is 0.508 e. The SMILES string of the molecule is COc1ccc(CCN2C(=O)c3oc4ccc(Br)cc4c(=O)c3C2c2ccc(O)cc2)cc1. The number of ether oxygens (including phenoxy) is 1. The fraction of sp³-hybridized carbons (Fsp3) is 0.154. The number of phenols is 1. The van der Waals surface area contributed by atoms with Gasteiger partial charge in [-0.1, -0.05) is 40.2 Å². The van der Waals surface area contributed by atoms with Gasteiger partial charge < -0.3 is 19.2 Å². The van der Waals surface area contributed by atoms with Crippen LogP contribution in [0.4, 0.5) is 0 Å². The standard InChI is InChI=1S/C26H20BrNO5/c1-32-19-9-2-15(3-10-19)12-13-28-23(16-4-7-18(29)8-5-16)22-24(30)20-14-17(27)6-11-21(20)33-25(22)26(28)31/h2-11,14,23,29H,12-13H2,1H3. The van der Waals surface area contributed by atoms with Crippen molar-refractivity contribution in [3.8, 4) is 11.5 Å². The third-order valence-corrected chi connectivity index (χ3v) is 6.43. The molecule has 6 nitrogen and oxygen atoms in total. The third kappa shape index (κ3) is 3.78. The number of hydrogen-bond acceptors (Lipinski definition) is 5. The molecule has 4 aromatic rings. The van der Waals surface area contributed by atoms with Gasteiger partial charge in [-0.25, -0.2) is 0 Å². The average Bonchev–Trinajstić information content (AvgIpc) is 3.11. The highest BCUT2D eigenvalue weighted by Gasteiger charge is 2.42. The zero-order valence-electron chi connectivity index (χ0n) is 17.7. The number of benzene rings is 3. The summed E-state index contributed by atoms with van der Waals surface area (Å²) in [5, 5.41) is 10.2. The van der Waals surface area contributed by atoms with Gasteiger partial charge in [0.15, 0.2) is 5.43 Å². The van der Waals surface area contributed by atoms with Crippen LogP contribution in [0.1, 0.15) is 33.3 Å². The Morgan fingerprint density at radius 1 is 1.03 bits per heavy atom. The molecule has 1 amide bonds. The summed E-state index contributed by atoms with van der Waals surface area (Å²) >= 11 is 3.41. The monoisotopic (exact) mass is 505 g/mol. The molecule has 3 aromatic carbocycles. The molecule has 0 bridgehead atoms. The van der Waals surface area contributed by atoms with Crippen LogP contribution in [0.5, 0.6) is 11.5 Å². The maximum Gasteiger partial charge on any atom is 0.290 e. The number of carbonyl (C=O) groups is 1. The molecule has 7 heteroatoms. The van der Waals surface area contributed by atoms with Gasteiger partial charge in [0.2, 0.25) is 5.76 Å². The predicted molar refractivity (Wildman–Crippen MR) is 128 cm³/mol. The molecule has 1 aliphatic heterocycles. The van der Waals surface area contributed by atoms with Crippen LogP contribution >= 0.6 is 15.9 Å². The molecule has 1 aromatic heterocycles. The van der Waals surface area contributed by atoms with Crippen molar-refractivity contribution in [1.82, 2.24) is 4.90 Å². The molecular weight excluding hydrogens is 486 g/mol. The van der Waals surface area contributed by atoms with Crippen molar-refractivity contribution in [2.45, 2.75) is 12.5 Å². The summed E-state index contributed by atoms with van der Waals surface area (Å²) in [7, 11) is 1.61. The van der Waals surface area contributed by atoms with Gasteiger partial charge in [-0.2, -0.15) is 0 Å². The zero-order chi connectivity index (χ0) is 23.1. The summed E-state index contributed by atoms with van der Waals surface area (Å²) < 4.78 is 11.9. The zero-order valence-corrected chi connectivity index (χ0v) is 19.3. The molecule has 1 aliphatic rings. The van der Waals surface area contributed by atoms with Gasteiger partial charge in [0.1, 0.15) is 17.1 Å². The first-order chi connectivity index (χ1) is 16.0. The molecule has 0 aliphatic carbocycles. The Morgan fingerprint density at radius 3 is 2.45 bits per heavy atom. The molecule has 5 rings (SSSR count). The quantitative estimate of drug-likeness (QED) is 0.410. The number of nitrogens with zero attached hydrogens (tertiary/aromatic N) is 1. The molecule has 166 valence electrons. The first kappa shape index (κ1) is 21.3. The Bertz CT molecular complexity index is 1410. The fourth-order valence-electron chi connectivity index (χ4n) is 4.27. The molecule has 33 heavy (non-hydrogen) atoms. The molecule has 0 radical (unpaired) electrons. The lowest BCUT2D eigenvalue weighted by Crippen LogP contribution is -2.31. The smallest absolute Gasteiger partial charge is 0.290 e. The van der Waals surface area contributed by atoms with Gasteiger partial charge >= 0.3 is 0 Å². The van der Waals surface area contributed by atoms with Crippen LogP contribution in [0.25, 0.3) is 11.0 Å². The molecule has 1 atom stereocenters. The molecule has 0 saturated heterocycles. The number of halogens is 1. The Kier molecular flexibility index (Phi) is 5.42. The van der Waals surface area contributed by atoms with E-state index in [0.717, 1.165) is 21.3 Å². The van der Waals surface area contributed by atoms with Gasteiger partial charge in [-0.15, -0.1) is 0 Å². The summed E-state index contributed by atoms with van der Waals surface area (Å²) in [5.41, 5.74) is 2.24. The minimum atomic E-state index is -0.606. The average molecular weight is 506 g/mol. The topological polar surface area (TPSA) is 80.0 Å². The normalized spacial score (nSPS) is 15.2. The van der Waals surface area contributed by atoms with E-state index in [1.165, 1.54) is 0 Å². The van der Waals surface area contributed by atoms with Crippen LogP contribution in [-0.2, 0) is 6.42 Å². The number of rotatable bonds is 5. The van der Waals surface area contributed by atoms with E-state index in [9.17, 15) is 14.7 Å². The summed E-state index contributed by atoms with van der Waals surface area (Å²) in [5.74, 6) is 0.627. The summed E-state index contributed by atoms with van der Waals surface area (Å²) in [6.07, 6.45) is 0.595. The van der Waals surface area contributed by atoms with Gasteiger partial charge in [0.25, 0.3) is 5.91 Å². The highest BCUT2D eigenvalue weighted by Crippen LogP contribution is 2.39. The van der Waals surface area contributed by atoms with Crippen molar-refractivity contribution in [2.75, 3.05) is 13.7 Å². The van der Waals surface area contributed by atoms with Crippen molar-refractivity contribution in [3.63, 3.8) is 0 Å². The van der Waals surface area contributed by atoms with E-state index in [4.69, 9.17) is 9.15 Å². The highest BCUT2D eigenvalue weighted by atomic mass is 79.9. The van der Waals surface area contributed by atoms with Crippen LogP contribution in [-0.4, -0.2) is 29.6 Å². The summed E-state index contributed by atoms with van der Waals surface area (Å²) in [4.78, 5) is 28.6. The molecule has 0 spiro atoms. The number of hydrogen-bond donors (Lipinski definition) is 1. The van der Waals surface area contributed by atoms with Crippen LogP contribution in [0.2, 0.25) is 0 Å². The second-order valence-corrected chi connectivity index (χ2v) is 8.82. The lowest BCUT2D eigenvalue weighted by molar-refractivity contribution is 0.0730. The minimum absolute atomic E-state index is 0.0719. The van der Waals surface area contributed by atoms with Gasteiger partial charge in [0, 0.05) is 11.0 Å². The van der Waals surface area contributed by atoms with E-state index in [1.54, 1.807) is 54.5 Å². The summed E-state index contributed by atoms with van der Waals surface area (Å²) in [6, 6.07) is 18.8. The van der Waals surface area contributed by atoms with E-state index in [1.807, 2.05) is 24.3 Å². The van der Waals surface area contributed by atoms with E-state index < -0.39 is 6.04 Å². The molecule has 1 unspecified atom stereocenters. The van der Waals surface area contributed by atoms with E-state index in [0.29, 0.717) is 29.5 Å². The number of methoxy groups -OCH3 is 1. The van der Waals surface area contributed by atoms with Gasteiger partial charge in [-0.3, -0.25) is 9.59 Å². The Morgan fingerprint density at radius 2 is 1.76 bits per heavy atom. The van der Waals surface area contributed by atoms with Gasteiger partial charge in [0.05, 0.1) is 24.1 Å². The number of aromatic hydroxyl groups is 1. The Hall–Kier alpha value is -3.58. The van der Waals surface area contributed by atoms with Crippen molar-refractivity contribution >= 4 is 32.8 Å². The maximum absolute atomic E-state index is 13.5. The maximum atomic E-state index is 13.5. The number of amides is 1. The van der Waals surface area contributed by atoms with Crippen LogP contribution in [0.3, 0.4) is 0 Å². The Balaban J connectivity index is 1.60. The highest BCUT2D eigenvalue weighted by molar-refractivity contribution is 9.10. The van der Waals surface area contributed by atoms with Crippen molar-refractivity contribution in [2.24, 2.45) is 0 Å². The second-order valence-electron chi connectivity index (χ2n) is 7.91. The van der Waals surface area contributed by atoms with Crippen molar-refractivity contribution in [3.05, 3.63) is 104 Å². The molecule has 2 heterocycles. The van der Waals surface area contributed by atoms with Gasteiger partial charge in [-0.05, 0) is 60.0 Å². The lowest BCUT2D eigenvalue weighted by Gasteiger charge is -2.25. The predicted octanol–water partition coefficient (Wildman–Crippen LogP) is 5.06. The van der Waals surface area contributed by atoms with Crippen LogP contribution in [0.15, 0.2) is 80.4 Å². The second kappa shape index (κ2) is 8.41. The van der Waals surface area contributed by atoms with E-state index >= 15 is 0 Å². The number of phenolic OH excluding ortho intramolecular Hbond substituents is 1. The first-order valence-electron chi connectivity index (χ1n) is 10.5. The van der Waals surface area contributed by atoms with Crippen LogP contribution in [0, 0.1) is 0 Å². The Labute approximate surface area is 198 Å². The fourth-order valence-corrected chi connectivity index (χ4v) is 4.63. The molecule has 0 fully saturated rings. The number of carbonyl (C=O) groups excluding carboxylic acids is 1. The molecule has 0 saturated carbocycles. The lowest BCUT2D eigenvalue weighted by atomic mass is 9.98. The van der Waals surface area contributed by atoms with Crippen LogP contribution < -0.4 is 10.2 Å². The number of fused-ring (bicyclic) bond motifs is 2. The molecule has 1 N–H and O–H groups in total. The van der Waals surface area contributed by atoms with E-state index in [2.05, 4.69) is 15.9 Å². The summed E-state index contributed by atoms with van der Waals surface area (Å²) in [6.45, 7) is 0.389.